The standard InChI is InChI=1S/C22H20BrN3O2S/c23-16-10-5-4-8-14(16)20(27)26-22-19(15-9-2-1-3-11-17(15)29-22)21(28)25-18-12-6-7-13-24-18/h4-8,10,12-13H,1-3,9,11H2,(H,26,27)(H,24,25,28). The van der Waals surface area contributed by atoms with Crippen LogP contribution in [-0.2, 0) is 12.8 Å². The van der Waals surface area contributed by atoms with Crippen LogP contribution < -0.4 is 10.6 Å². The number of carbonyl (C=O) groups excluding carboxylic acids is 2. The van der Waals surface area contributed by atoms with Crippen molar-refractivity contribution in [3.05, 3.63) is 74.7 Å². The molecular formula is C22H20BrN3O2S. The SMILES string of the molecule is O=C(Nc1sc2c(c1C(=O)Nc1ccccn1)CCCCC2)c1ccccc1Br. The lowest BCUT2D eigenvalue weighted by molar-refractivity contribution is 0.102. The summed E-state index contributed by atoms with van der Waals surface area (Å²) in [5, 5.41) is 6.46. The molecule has 0 atom stereocenters. The maximum absolute atomic E-state index is 13.2. The van der Waals surface area contributed by atoms with E-state index in [1.165, 1.54) is 16.2 Å². The molecule has 3 aromatic rings. The minimum Gasteiger partial charge on any atom is -0.313 e. The predicted molar refractivity (Wildman–Crippen MR) is 120 cm³/mol. The van der Waals surface area contributed by atoms with E-state index in [0.29, 0.717) is 21.9 Å². The van der Waals surface area contributed by atoms with Crippen LogP contribution in [0, 0.1) is 0 Å². The van der Waals surface area contributed by atoms with Crippen molar-refractivity contribution in [1.82, 2.24) is 4.98 Å². The number of hydrogen-bond acceptors (Lipinski definition) is 4. The average Bonchev–Trinajstić information content (AvgIpc) is 2.89. The number of carbonyl (C=O) groups is 2. The molecule has 0 aliphatic heterocycles. The number of nitrogens with one attached hydrogen (secondary N) is 2. The number of benzene rings is 1. The first-order chi connectivity index (χ1) is 14.1. The van der Waals surface area contributed by atoms with Gasteiger partial charge in [-0.3, -0.25) is 9.59 Å². The molecular weight excluding hydrogens is 450 g/mol. The number of fused-ring (bicyclic) bond motifs is 1. The van der Waals surface area contributed by atoms with E-state index < -0.39 is 0 Å². The Hall–Kier alpha value is -2.51. The van der Waals surface area contributed by atoms with Crippen LogP contribution in [0.2, 0.25) is 0 Å². The highest BCUT2D eigenvalue weighted by atomic mass is 79.9. The van der Waals surface area contributed by atoms with Crippen molar-refractivity contribution in [3.8, 4) is 0 Å². The van der Waals surface area contributed by atoms with Crippen molar-refractivity contribution in [2.24, 2.45) is 0 Å². The fourth-order valence-electron chi connectivity index (χ4n) is 3.50. The molecule has 1 aromatic carbocycles. The summed E-state index contributed by atoms with van der Waals surface area (Å²) >= 11 is 4.94. The molecule has 7 heteroatoms. The summed E-state index contributed by atoms with van der Waals surface area (Å²) in [6, 6.07) is 12.6. The summed E-state index contributed by atoms with van der Waals surface area (Å²) in [4.78, 5) is 31.4. The maximum Gasteiger partial charge on any atom is 0.260 e. The van der Waals surface area contributed by atoms with E-state index in [1.807, 2.05) is 24.3 Å². The molecule has 0 radical (unpaired) electrons. The van der Waals surface area contributed by atoms with Gasteiger partial charge in [0.2, 0.25) is 0 Å². The van der Waals surface area contributed by atoms with Gasteiger partial charge in [-0.25, -0.2) is 4.98 Å². The highest BCUT2D eigenvalue weighted by molar-refractivity contribution is 9.10. The lowest BCUT2D eigenvalue weighted by Crippen LogP contribution is -2.18. The molecule has 0 spiro atoms. The number of halogens is 1. The third-order valence-corrected chi connectivity index (χ3v) is 6.80. The third kappa shape index (κ3) is 4.41. The first-order valence-electron chi connectivity index (χ1n) is 9.56. The van der Waals surface area contributed by atoms with E-state index >= 15 is 0 Å². The van der Waals surface area contributed by atoms with Crippen LogP contribution in [0.1, 0.15) is 50.4 Å². The summed E-state index contributed by atoms with van der Waals surface area (Å²) in [5.74, 6) is 0.0282. The van der Waals surface area contributed by atoms with Crippen LogP contribution in [0.4, 0.5) is 10.8 Å². The number of aryl methyl sites for hydroxylation is 1. The molecule has 2 heterocycles. The van der Waals surface area contributed by atoms with Gasteiger partial charge < -0.3 is 10.6 Å². The molecule has 29 heavy (non-hydrogen) atoms. The minimum absolute atomic E-state index is 0.231. The molecule has 2 amide bonds. The zero-order valence-corrected chi connectivity index (χ0v) is 18.1. The van der Waals surface area contributed by atoms with Crippen LogP contribution in [0.25, 0.3) is 0 Å². The highest BCUT2D eigenvalue weighted by Gasteiger charge is 2.26. The molecule has 148 valence electrons. The number of hydrogen-bond donors (Lipinski definition) is 2. The Morgan fingerprint density at radius 3 is 2.52 bits per heavy atom. The fourth-order valence-corrected chi connectivity index (χ4v) is 5.25. The average molecular weight is 470 g/mol. The van der Waals surface area contributed by atoms with E-state index in [9.17, 15) is 9.59 Å². The van der Waals surface area contributed by atoms with Gasteiger partial charge in [-0.15, -0.1) is 11.3 Å². The Kier molecular flexibility index (Phi) is 6.06. The first kappa shape index (κ1) is 19.8. The molecule has 5 nitrogen and oxygen atoms in total. The molecule has 0 bridgehead atoms. The molecule has 2 N–H and O–H groups in total. The summed E-state index contributed by atoms with van der Waals surface area (Å²) < 4.78 is 0.718. The molecule has 2 aromatic heterocycles. The number of rotatable bonds is 4. The van der Waals surface area contributed by atoms with E-state index in [1.54, 1.807) is 24.4 Å². The highest BCUT2D eigenvalue weighted by Crippen LogP contribution is 2.38. The lowest BCUT2D eigenvalue weighted by atomic mass is 10.0. The monoisotopic (exact) mass is 469 g/mol. The number of anilines is 2. The zero-order valence-electron chi connectivity index (χ0n) is 15.7. The largest absolute Gasteiger partial charge is 0.313 e. The molecule has 1 aliphatic carbocycles. The Labute approximate surface area is 181 Å². The van der Waals surface area contributed by atoms with Gasteiger partial charge >= 0.3 is 0 Å². The quantitative estimate of drug-likeness (QED) is 0.482. The molecule has 0 unspecified atom stereocenters. The van der Waals surface area contributed by atoms with Gasteiger partial charge in [-0.05, 0) is 71.4 Å². The van der Waals surface area contributed by atoms with Gasteiger partial charge in [-0.1, -0.05) is 24.6 Å². The molecule has 0 saturated heterocycles. The van der Waals surface area contributed by atoms with Crippen LogP contribution in [0.15, 0.2) is 53.1 Å². The Bertz CT molecular complexity index is 1050. The van der Waals surface area contributed by atoms with Crippen molar-refractivity contribution in [2.75, 3.05) is 10.6 Å². The zero-order chi connectivity index (χ0) is 20.2. The van der Waals surface area contributed by atoms with Crippen LogP contribution >= 0.6 is 27.3 Å². The number of thiophene rings is 1. The Morgan fingerprint density at radius 1 is 0.931 bits per heavy atom. The Morgan fingerprint density at radius 2 is 1.72 bits per heavy atom. The number of aromatic nitrogens is 1. The van der Waals surface area contributed by atoms with Gasteiger partial charge in [0, 0.05) is 15.5 Å². The van der Waals surface area contributed by atoms with Crippen molar-refractivity contribution in [2.45, 2.75) is 32.1 Å². The second-order valence-corrected chi connectivity index (χ2v) is 8.83. The normalized spacial score (nSPS) is 13.3. The summed E-state index contributed by atoms with van der Waals surface area (Å²) in [6.07, 6.45) is 6.73. The summed E-state index contributed by atoms with van der Waals surface area (Å²) in [6.45, 7) is 0. The fraction of sp³-hybridized carbons (Fsp3) is 0.227. The number of pyridine rings is 1. The number of nitrogens with zero attached hydrogens (tertiary/aromatic N) is 1. The van der Waals surface area contributed by atoms with E-state index in [-0.39, 0.29) is 11.8 Å². The van der Waals surface area contributed by atoms with Gasteiger partial charge in [0.25, 0.3) is 11.8 Å². The van der Waals surface area contributed by atoms with Crippen molar-refractivity contribution in [3.63, 3.8) is 0 Å². The minimum atomic E-state index is -0.235. The number of amides is 2. The molecule has 4 rings (SSSR count). The smallest absolute Gasteiger partial charge is 0.260 e. The molecule has 1 aliphatic rings. The van der Waals surface area contributed by atoms with Crippen LogP contribution in [-0.4, -0.2) is 16.8 Å². The topological polar surface area (TPSA) is 71.1 Å². The van der Waals surface area contributed by atoms with Gasteiger partial charge in [-0.2, -0.15) is 0 Å². The van der Waals surface area contributed by atoms with Crippen LogP contribution in [0.5, 0.6) is 0 Å². The van der Waals surface area contributed by atoms with Crippen molar-refractivity contribution >= 4 is 49.9 Å². The summed E-state index contributed by atoms with van der Waals surface area (Å²) in [7, 11) is 0. The second-order valence-electron chi connectivity index (χ2n) is 6.87. The summed E-state index contributed by atoms with van der Waals surface area (Å²) in [5.41, 5.74) is 2.16. The van der Waals surface area contributed by atoms with Gasteiger partial charge in [0.15, 0.2) is 0 Å². The van der Waals surface area contributed by atoms with E-state index in [0.717, 1.165) is 42.1 Å². The van der Waals surface area contributed by atoms with Crippen LogP contribution in [0.3, 0.4) is 0 Å². The molecule has 0 fully saturated rings. The van der Waals surface area contributed by atoms with E-state index in [2.05, 4.69) is 31.5 Å². The van der Waals surface area contributed by atoms with Gasteiger partial charge in [0.05, 0.1) is 11.1 Å². The lowest BCUT2D eigenvalue weighted by Gasteiger charge is -2.10. The van der Waals surface area contributed by atoms with Crippen molar-refractivity contribution in [1.29, 1.82) is 0 Å². The predicted octanol–water partition coefficient (Wildman–Crippen LogP) is 5.68. The molecule has 0 saturated carbocycles. The Balaban J connectivity index is 1.68. The third-order valence-electron chi connectivity index (χ3n) is 4.90. The van der Waals surface area contributed by atoms with Crippen molar-refractivity contribution < 1.29 is 9.59 Å². The maximum atomic E-state index is 13.2. The second kappa shape index (κ2) is 8.88. The van der Waals surface area contributed by atoms with Gasteiger partial charge in [0.1, 0.15) is 10.8 Å². The first-order valence-corrected chi connectivity index (χ1v) is 11.2. The van der Waals surface area contributed by atoms with E-state index in [4.69, 9.17) is 0 Å².